The first-order valence-corrected chi connectivity index (χ1v) is 6.77. The van der Waals surface area contributed by atoms with Crippen LogP contribution >= 0.6 is 0 Å². The first-order valence-electron chi connectivity index (χ1n) is 6.77. The Morgan fingerprint density at radius 2 is 2.17 bits per heavy atom. The number of benzene rings is 1. The lowest BCUT2D eigenvalue weighted by Gasteiger charge is -2.16. The van der Waals surface area contributed by atoms with Crippen molar-refractivity contribution >= 4 is 0 Å². The average Bonchev–Trinajstić information content (AvgIpc) is 2.38. The van der Waals surface area contributed by atoms with Gasteiger partial charge >= 0.3 is 0 Å². The second-order valence-corrected chi connectivity index (χ2v) is 4.58. The predicted molar refractivity (Wildman–Crippen MR) is 78.2 cm³/mol. The van der Waals surface area contributed by atoms with Gasteiger partial charge in [0, 0.05) is 6.04 Å². The van der Waals surface area contributed by atoms with Gasteiger partial charge in [-0.05, 0) is 50.9 Å². The highest BCUT2D eigenvalue weighted by molar-refractivity contribution is 5.37. The molecule has 0 aliphatic heterocycles. The van der Waals surface area contributed by atoms with Crippen LogP contribution in [0.4, 0.5) is 0 Å². The van der Waals surface area contributed by atoms with E-state index in [1.807, 2.05) is 19.1 Å². The molecule has 0 saturated heterocycles. The molecule has 2 heteroatoms. The second kappa shape index (κ2) is 7.93. The van der Waals surface area contributed by atoms with Crippen LogP contribution < -0.4 is 10.1 Å². The molecule has 0 bridgehead atoms. The Kier molecular flexibility index (Phi) is 6.51. The van der Waals surface area contributed by atoms with Gasteiger partial charge in [0.1, 0.15) is 12.4 Å². The Labute approximate surface area is 111 Å². The quantitative estimate of drug-likeness (QED) is 0.735. The molecule has 0 aliphatic carbocycles. The summed E-state index contributed by atoms with van der Waals surface area (Å²) in [6.07, 6.45) is 5.17. The van der Waals surface area contributed by atoms with Gasteiger partial charge in [0.15, 0.2) is 0 Å². The number of rotatable bonds is 7. The van der Waals surface area contributed by atoms with E-state index in [-0.39, 0.29) is 0 Å². The molecule has 0 amide bonds. The smallest absolute Gasteiger partial charge is 0.122 e. The van der Waals surface area contributed by atoms with Gasteiger partial charge in [-0.1, -0.05) is 31.2 Å². The molecule has 100 valence electrons. The molecule has 1 aromatic rings. The van der Waals surface area contributed by atoms with Crippen LogP contribution in [0.25, 0.3) is 0 Å². The summed E-state index contributed by atoms with van der Waals surface area (Å²) in [6, 6.07) is 6.82. The van der Waals surface area contributed by atoms with Crippen LogP contribution in [0.15, 0.2) is 30.4 Å². The van der Waals surface area contributed by atoms with Crippen molar-refractivity contribution < 1.29 is 4.74 Å². The molecule has 0 aromatic heterocycles. The van der Waals surface area contributed by atoms with Gasteiger partial charge in [0.2, 0.25) is 0 Å². The van der Waals surface area contributed by atoms with Crippen molar-refractivity contribution in [3.05, 3.63) is 41.5 Å². The predicted octanol–water partition coefficient (Wildman–Crippen LogP) is 4.01. The maximum absolute atomic E-state index is 5.69. The molecule has 1 aromatic carbocycles. The fourth-order valence-corrected chi connectivity index (χ4v) is 1.82. The maximum atomic E-state index is 5.69. The minimum Gasteiger partial charge on any atom is -0.489 e. The highest BCUT2D eigenvalue weighted by atomic mass is 16.5. The molecule has 0 saturated carbocycles. The number of nitrogens with one attached hydrogen (secondary N) is 1. The summed E-state index contributed by atoms with van der Waals surface area (Å²) in [5.41, 5.74) is 2.52. The topological polar surface area (TPSA) is 21.3 Å². The molecular formula is C16H25NO. The van der Waals surface area contributed by atoms with Crippen LogP contribution in [0.2, 0.25) is 0 Å². The van der Waals surface area contributed by atoms with Crippen LogP contribution in [0.1, 0.15) is 44.4 Å². The van der Waals surface area contributed by atoms with E-state index in [9.17, 15) is 0 Å². The first kappa shape index (κ1) is 14.8. The van der Waals surface area contributed by atoms with E-state index in [2.05, 4.69) is 44.3 Å². The highest BCUT2D eigenvalue weighted by Crippen LogP contribution is 2.22. The lowest BCUT2D eigenvalue weighted by atomic mass is 10.0. The summed E-state index contributed by atoms with van der Waals surface area (Å²) >= 11 is 0. The fourth-order valence-electron chi connectivity index (χ4n) is 1.82. The van der Waals surface area contributed by atoms with E-state index in [4.69, 9.17) is 4.74 Å². The fraction of sp³-hybridized carbons (Fsp3) is 0.500. The van der Waals surface area contributed by atoms with E-state index in [0.29, 0.717) is 12.6 Å². The minimum absolute atomic E-state index is 0.397. The zero-order chi connectivity index (χ0) is 13.4. The summed E-state index contributed by atoms with van der Waals surface area (Å²) in [5.74, 6) is 0.972. The molecule has 0 spiro atoms. The van der Waals surface area contributed by atoms with E-state index < -0.39 is 0 Å². The van der Waals surface area contributed by atoms with Crippen LogP contribution in [-0.4, -0.2) is 13.2 Å². The van der Waals surface area contributed by atoms with Gasteiger partial charge in [-0.15, -0.1) is 0 Å². The van der Waals surface area contributed by atoms with E-state index in [1.165, 1.54) is 11.1 Å². The van der Waals surface area contributed by atoms with Gasteiger partial charge in [-0.2, -0.15) is 0 Å². The van der Waals surface area contributed by atoms with Crippen molar-refractivity contribution in [2.45, 2.75) is 40.2 Å². The maximum Gasteiger partial charge on any atom is 0.122 e. The Balaban J connectivity index is 2.66. The normalized spacial score (nSPS) is 12.9. The highest BCUT2D eigenvalue weighted by Gasteiger charge is 2.06. The number of aryl methyl sites for hydroxylation is 1. The SMILES string of the molecule is C/C=C/COc1ccc(C(C)NCCC)cc1C. The molecule has 1 N–H and O–H groups in total. The number of hydrogen-bond acceptors (Lipinski definition) is 2. The van der Waals surface area contributed by atoms with Crippen molar-refractivity contribution in [3.8, 4) is 5.75 Å². The standard InChI is InChI=1S/C16H25NO/c1-5-7-11-18-16-9-8-15(12-13(16)3)14(4)17-10-6-2/h5,7-9,12,14,17H,6,10-11H2,1-4H3/b7-5+. The third-order valence-corrected chi connectivity index (χ3v) is 2.97. The van der Waals surface area contributed by atoms with Gasteiger partial charge in [-0.3, -0.25) is 0 Å². The minimum atomic E-state index is 0.397. The van der Waals surface area contributed by atoms with E-state index in [0.717, 1.165) is 18.7 Å². The van der Waals surface area contributed by atoms with Crippen molar-refractivity contribution in [3.63, 3.8) is 0 Å². The van der Waals surface area contributed by atoms with Crippen molar-refractivity contribution in [2.75, 3.05) is 13.2 Å². The molecule has 1 rings (SSSR count). The molecule has 0 heterocycles. The van der Waals surface area contributed by atoms with E-state index >= 15 is 0 Å². The molecule has 0 radical (unpaired) electrons. The monoisotopic (exact) mass is 247 g/mol. The first-order chi connectivity index (χ1) is 8.69. The second-order valence-electron chi connectivity index (χ2n) is 4.58. The molecule has 1 atom stereocenters. The number of hydrogen-bond donors (Lipinski definition) is 1. The van der Waals surface area contributed by atoms with Crippen LogP contribution in [-0.2, 0) is 0 Å². The van der Waals surface area contributed by atoms with Gasteiger partial charge in [-0.25, -0.2) is 0 Å². The van der Waals surface area contributed by atoms with Crippen LogP contribution in [0, 0.1) is 6.92 Å². The van der Waals surface area contributed by atoms with Crippen LogP contribution in [0.3, 0.4) is 0 Å². The zero-order valence-electron chi connectivity index (χ0n) is 12.0. The van der Waals surface area contributed by atoms with Gasteiger partial charge in [0.25, 0.3) is 0 Å². The molecule has 0 fully saturated rings. The summed E-state index contributed by atoms with van der Waals surface area (Å²) in [6.45, 7) is 10.2. The molecular weight excluding hydrogens is 222 g/mol. The molecule has 18 heavy (non-hydrogen) atoms. The lowest BCUT2D eigenvalue weighted by Crippen LogP contribution is -2.19. The Morgan fingerprint density at radius 3 is 2.78 bits per heavy atom. The number of allylic oxidation sites excluding steroid dienone is 1. The lowest BCUT2D eigenvalue weighted by molar-refractivity contribution is 0.360. The van der Waals surface area contributed by atoms with Crippen LogP contribution in [0.5, 0.6) is 5.75 Å². The Morgan fingerprint density at radius 1 is 1.39 bits per heavy atom. The molecule has 0 aliphatic rings. The summed E-state index contributed by atoms with van der Waals surface area (Å²) in [5, 5.41) is 3.50. The Hall–Kier alpha value is -1.28. The van der Waals surface area contributed by atoms with Crippen molar-refractivity contribution in [1.29, 1.82) is 0 Å². The van der Waals surface area contributed by atoms with Gasteiger partial charge in [0.05, 0.1) is 0 Å². The number of ether oxygens (including phenoxy) is 1. The zero-order valence-corrected chi connectivity index (χ0v) is 12.0. The van der Waals surface area contributed by atoms with E-state index in [1.54, 1.807) is 0 Å². The Bertz CT molecular complexity index is 385. The van der Waals surface area contributed by atoms with Gasteiger partial charge < -0.3 is 10.1 Å². The average molecular weight is 247 g/mol. The third-order valence-electron chi connectivity index (χ3n) is 2.97. The molecule has 1 unspecified atom stereocenters. The largest absolute Gasteiger partial charge is 0.489 e. The summed E-state index contributed by atoms with van der Waals surface area (Å²) < 4.78 is 5.69. The van der Waals surface area contributed by atoms with Crippen molar-refractivity contribution in [1.82, 2.24) is 5.32 Å². The van der Waals surface area contributed by atoms with Crippen molar-refractivity contribution in [2.24, 2.45) is 0 Å². The summed E-state index contributed by atoms with van der Waals surface area (Å²) in [7, 11) is 0. The molecule has 2 nitrogen and oxygen atoms in total. The third kappa shape index (κ3) is 4.53. The summed E-state index contributed by atoms with van der Waals surface area (Å²) in [4.78, 5) is 0.